The number of hydrogen-bond donors (Lipinski definition) is 4. The number of para-hydroxylation sites is 1. The number of nitriles is 1. The number of anilines is 1. The molecule has 5 N–H and O–H groups in total. The van der Waals surface area contributed by atoms with Crippen molar-refractivity contribution in [1.82, 2.24) is 19.7 Å². The fourth-order valence-corrected chi connectivity index (χ4v) is 5.43. The van der Waals surface area contributed by atoms with Crippen LogP contribution in [0.25, 0.3) is 5.52 Å². The molecule has 15 nitrogen and oxygen atoms in total. The summed E-state index contributed by atoms with van der Waals surface area (Å²) >= 11 is 0. The molecular formula is C25H31N6O9P. The third kappa shape index (κ3) is 6.83. The predicted molar refractivity (Wildman–Crippen MR) is 142 cm³/mol. The Morgan fingerprint density at radius 3 is 2.68 bits per heavy atom. The Kier molecular flexibility index (Phi) is 9.57. The van der Waals surface area contributed by atoms with E-state index in [1.807, 2.05) is 0 Å². The largest absolute Gasteiger partial charge is 0.464 e. The second kappa shape index (κ2) is 12.9. The third-order valence-electron chi connectivity index (χ3n) is 6.44. The number of benzene rings is 1. The monoisotopic (exact) mass is 590 g/mol. The predicted octanol–water partition coefficient (Wildman–Crippen LogP) is 0.986. The highest BCUT2D eigenvalue weighted by molar-refractivity contribution is 7.52. The third-order valence-corrected chi connectivity index (χ3v) is 8.06. The lowest BCUT2D eigenvalue weighted by Gasteiger charge is -2.34. The standard InChI is InChI=1S/C25H31N6O9P/c1-16(24(34)38-12-17-10-37-11-17)30-41(35,40-18-6-4-3-5-7-18)39-14-25(13-26,36-2)22(33)21(32)19-8-9-20-23(27)28-15-29-31(19)20/h3-9,15-17,21-22,32-33H,10-12,14H2,1-2H3,(H,30,35)(H2,27,28,29)/t16-,21-,22-,25?,41?/m0/s1. The molecule has 1 aliphatic rings. The number of carbonyl (C=O) groups is 1. The van der Waals surface area contributed by atoms with Gasteiger partial charge in [-0.2, -0.15) is 15.4 Å². The number of rotatable bonds is 14. The van der Waals surface area contributed by atoms with E-state index >= 15 is 0 Å². The molecule has 0 spiro atoms. The lowest BCUT2D eigenvalue weighted by Crippen LogP contribution is -2.50. The summed E-state index contributed by atoms with van der Waals surface area (Å²) < 4.78 is 42.0. The van der Waals surface area contributed by atoms with Crippen LogP contribution < -0.4 is 15.3 Å². The van der Waals surface area contributed by atoms with E-state index in [0.717, 1.165) is 13.4 Å². The average molecular weight is 591 g/mol. The minimum absolute atomic E-state index is 0.0772. The highest BCUT2D eigenvalue weighted by atomic mass is 31.2. The maximum absolute atomic E-state index is 13.9. The first kappa shape index (κ1) is 30.4. The van der Waals surface area contributed by atoms with Crippen LogP contribution in [-0.4, -0.2) is 82.1 Å². The molecule has 0 aliphatic carbocycles. The molecule has 2 aromatic heterocycles. The van der Waals surface area contributed by atoms with Crippen molar-refractivity contribution in [2.24, 2.45) is 5.92 Å². The van der Waals surface area contributed by atoms with Gasteiger partial charge in [-0.15, -0.1) is 0 Å². The number of nitrogens with two attached hydrogens (primary N) is 1. The van der Waals surface area contributed by atoms with Crippen molar-refractivity contribution in [3.63, 3.8) is 0 Å². The summed E-state index contributed by atoms with van der Waals surface area (Å²) in [4.78, 5) is 16.4. The van der Waals surface area contributed by atoms with Crippen molar-refractivity contribution in [2.45, 2.75) is 30.8 Å². The lowest BCUT2D eigenvalue weighted by molar-refractivity contribution is -0.152. The SMILES string of the molecule is COC(C#N)(COP(=O)(N[C@@H](C)C(=O)OCC1COC1)Oc1ccccc1)[C@@H](O)[C@@H](O)c1ccc2c(N)ncnn12. The van der Waals surface area contributed by atoms with Crippen molar-refractivity contribution in [1.29, 1.82) is 5.26 Å². The van der Waals surface area contributed by atoms with Gasteiger partial charge in [0, 0.05) is 13.0 Å². The molecule has 0 amide bonds. The van der Waals surface area contributed by atoms with E-state index in [2.05, 4.69) is 15.2 Å². The van der Waals surface area contributed by atoms with Gasteiger partial charge in [-0.3, -0.25) is 9.32 Å². The van der Waals surface area contributed by atoms with Crippen LogP contribution in [0.5, 0.6) is 5.75 Å². The molecule has 0 saturated carbocycles. The van der Waals surface area contributed by atoms with Gasteiger partial charge in [0.2, 0.25) is 5.60 Å². The lowest BCUT2D eigenvalue weighted by atomic mass is 9.93. The Labute approximate surface area is 235 Å². The van der Waals surface area contributed by atoms with Crippen LogP contribution >= 0.6 is 7.75 Å². The molecule has 3 heterocycles. The molecule has 16 heteroatoms. The van der Waals surface area contributed by atoms with Gasteiger partial charge in [-0.05, 0) is 31.2 Å². The van der Waals surface area contributed by atoms with Crippen molar-refractivity contribution >= 4 is 25.1 Å². The van der Waals surface area contributed by atoms with Gasteiger partial charge in [0.05, 0.1) is 25.5 Å². The van der Waals surface area contributed by atoms with E-state index in [4.69, 9.17) is 29.0 Å². The van der Waals surface area contributed by atoms with Crippen LogP contribution in [0.2, 0.25) is 0 Å². The summed E-state index contributed by atoms with van der Waals surface area (Å²) in [5.74, 6) is -0.366. The number of aliphatic hydroxyl groups is 2. The zero-order valence-electron chi connectivity index (χ0n) is 22.3. The summed E-state index contributed by atoms with van der Waals surface area (Å²) in [5, 5.41) is 38.8. The first-order valence-electron chi connectivity index (χ1n) is 12.5. The van der Waals surface area contributed by atoms with Gasteiger partial charge < -0.3 is 34.7 Å². The molecule has 0 bridgehead atoms. The molecule has 3 aromatic rings. The number of aromatic nitrogens is 3. The number of nitrogens with one attached hydrogen (secondary N) is 1. The molecule has 1 saturated heterocycles. The summed E-state index contributed by atoms with van der Waals surface area (Å²) in [7, 11) is -3.32. The topological polar surface area (TPSA) is 213 Å². The van der Waals surface area contributed by atoms with E-state index in [0.29, 0.717) is 18.7 Å². The van der Waals surface area contributed by atoms with Crippen molar-refractivity contribution in [2.75, 3.05) is 39.3 Å². The summed E-state index contributed by atoms with van der Waals surface area (Å²) in [5.41, 5.74) is 4.03. The van der Waals surface area contributed by atoms with Crippen molar-refractivity contribution in [3.8, 4) is 11.8 Å². The van der Waals surface area contributed by atoms with Crippen LogP contribution in [0.15, 0.2) is 48.8 Å². The summed E-state index contributed by atoms with van der Waals surface area (Å²) in [6.07, 6.45) is -2.51. The normalized spacial score (nSPS) is 18.7. The van der Waals surface area contributed by atoms with Crippen LogP contribution in [0.1, 0.15) is 18.7 Å². The zero-order valence-corrected chi connectivity index (χ0v) is 23.2. The van der Waals surface area contributed by atoms with Gasteiger partial charge in [0.25, 0.3) is 0 Å². The summed E-state index contributed by atoms with van der Waals surface area (Å²) in [6, 6.07) is 11.6. The number of esters is 1. The number of nitrogen functional groups attached to an aromatic ring is 1. The van der Waals surface area contributed by atoms with E-state index < -0.39 is 44.2 Å². The Morgan fingerprint density at radius 2 is 2.05 bits per heavy atom. The highest BCUT2D eigenvalue weighted by Gasteiger charge is 2.47. The quantitative estimate of drug-likeness (QED) is 0.152. The van der Waals surface area contributed by atoms with Gasteiger partial charge in [-0.1, -0.05) is 18.2 Å². The fourth-order valence-electron chi connectivity index (χ4n) is 3.91. The maximum atomic E-state index is 13.9. The Morgan fingerprint density at radius 1 is 1.32 bits per heavy atom. The van der Waals surface area contributed by atoms with Crippen molar-refractivity contribution in [3.05, 3.63) is 54.5 Å². The second-order valence-corrected chi connectivity index (χ2v) is 11.0. The second-order valence-electron chi connectivity index (χ2n) is 9.36. The first-order chi connectivity index (χ1) is 19.6. The number of aliphatic hydroxyl groups excluding tert-OH is 2. The molecule has 220 valence electrons. The van der Waals surface area contributed by atoms with Gasteiger partial charge in [-0.25, -0.2) is 14.1 Å². The van der Waals surface area contributed by atoms with E-state index in [-0.39, 0.29) is 29.8 Å². The van der Waals surface area contributed by atoms with Crippen molar-refractivity contribution < 1.29 is 42.8 Å². The molecule has 1 aromatic carbocycles. The number of hydrogen-bond acceptors (Lipinski definition) is 13. The Bertz CT molecular complexity index is 1430. The number of fused-ring (bicyclic) bond motifs is 1. The van der Waals surface area contributed by atoms with E-state index in [1.165, 1.54) is 35.7 Å². The molecule has 2 unspecified atom stereocenters. The Balaban J connectivity index is 1.53. The minimum Gasteiger partial charge on any atom is -0.464 e. The molecule has 1 fully saturated rings. The molecule has 4 rings (SSSR count). The smallest absolute Gasteiger partial charge is 0.459 e. The molecule has 41 heavy (non-hydrogen) atoms. The van der Waals surface area contributed by atoms with E-state index in [9.17, 15) is 24.8 Å². The van der Waals surface area contributed by atoms with Gasteiger partial charge >= 0.3 is 13.7 Å². The number of nitrogens with zero attached hydrogens (tertiary/aromatic N) is 4. The van der Waals surface area contributed by atoms with E-state index in [1.54, 1.807) is 24.3 Å². The van der Waals surface area contributed by atoms with Crippen LogP contribution in [0, 0.1) is 17.2 Å². The number of methoxy groups -OCH3 is 1. The molecule has 0 radical (unpaired) electrons. The number of carbonyl (C=O) groups excluding carboxylic acids is 1. The first-order valence-corrected chi connectivity index (χ1v) is 14.1. The fraction of sp³-hybridized carbons (Fsp3) is 0.440. The minimum atomic E-state index is -4.43. The zero-order chi connectivity index (χ0) is 29.6. The van der Waals surface area contributed by atoms with Gasteiger partial charge in [0.1, 0.15) is 48.5 Å². The molecule has 1 aliphatic heterocycles. The molecule has 5 atom stereocenters. The van der Waals surface area contributed by atoms with Crippen LogP contribution in [0.3, 0.4) is 0 Å². The molecular weight excluding hydrogens is 559 g/mol. The number of ether oxygens (including phenoxy) is 3. The maximum Gasteiger partial charge on any atom is 0.459 e. The van der Waals surface area contributed by atoms with Gasteiger partial charge in [0.15, 0.2) is 5.82 Å². The van der Waals surface area contributed by atoms with Crippen LogP contribution in [-0.2, 0) is 28.1 Å². The highest BCUT2D eigenvalue weighted by Crippen LogP contribution is 2.46. The summed E-state index contributed by atoms with van der Waals surface area (Å²) in [6.45, 7) is 1.65. The average Bonchev–Trinajstić information content (AvgIpc) is 3.38. The van der Waals surface area contributed by atoms with Crippen LogP contribution in [0.4, 0.5) is 5.82 Å². The Hall–Kier alpha value is -3.61.